The van der Waals surface area contributed by atoms with Crippen LogP contribution in [-0.2, 0) is 11.3 Å². The molecule has 2 N–H and O–H groups in total. The van der Waals surface area contributed by atoms with E-state index in [1.54, 1.807) is 43.5 Å². The molecule has 0 aliphatic carbocycles. The molecule has 130 valence electrons. The SMILES string of the molecule is COc1ccc(OCCN/C=C(/C#N)C(=O)NCc2ccco2)cc1. The van der Waals surface area contributed by atoms with Gasteiger partial charge < -0.3 is 24.5 Å². The number of nitrogens with zero attached hydrogens (tertiary/aromatic N) is 1. The molecule has 25 heavy (non-hydrogen) atoms. The summed E-state index contributed by atoms with van der Waals surface area (Å²) in [5.41, 5.74) is -0.0176. The molecule has 0 unspecified atom stereocenters. The predicted octanol–water partition coefficient (Wildman–Crippen LogP) is 1.98. The molecule has 2 aromatic rings. The van der Waals surface area contributed by atoms with Gasteiger partial charge in [-0.2, -0.15) is 5.26 Å². The van der Waals surface area contributed by atoms with Gasteiger partial charge in [0.2, 0.25) is 0 Å². The molecule has 1 amide bonds. The zero-order valence-electron chi connectivity index (χ0n) is 13.8. The Morgan fingerprint density at radius 1 is 1.28 bits per heavy atom. The summed E-state index contributed by atoms with van der Waals surface area (Å²) in [6.07, 6.45) is 2.89. The Hall–Kier alpha value is -3.40. The van der Waals surface area contributed by atoms with Crippen LogP contribution in [0.3, 0.4) is 0 Å². The summed E-state index contributed by atoms with van der Waals surface area (Å²) >= 11 is 0. The Kier molecular flexibility index (Phi) is 6.95. The van der Waals surface area contributed by atoms with Crippen LogP contribution in [0, 0.1) is 11.3 Å². The first kappa shape index (κ1) is 17.9. The Morgan fingerprint density at radius 3 is 2.68 bits per heavy atom. The number of furan rings is 1. The number of nitrogens with one attached hydrogen (secondary N) is 2. The summed E-state index contributed by atoms with van der Waals surface area (Å²) in [6, 6.07) is 12.5. The minimum absolute atomic E-state index is 0.0176. The number of methoxy groups -OCH3 is 1. The fourth-order valence-corrected chi connectivity index (χ4v) is 1.90. The number of carbonyl (C=O) groups is 1. The summed E-state index contributed by atoms with van der Waals surface area (Å²) in [6.45, 7) is 1.06. The average Bonchev–Trinajstić information content (AvgIpc) is 3.17. The topological polar surface area (TPSA) is 96.5 Å². The van der Waals surface area contributed by atoms with E-state index < -0.39 is 5.91 Å². The van der Waals surface area contributed by atoms with Crippen molar-refractivity contribution in [3.63, 3.8) is 0 Å². The van der Waals surface area contributed by atoms with Crippen LogP contribution < -0.4 is 20.1 Å². The third-order valence-electron chi connectivity index (χ3n) is 3.19. The van der Waals surface area contributed by atoms with Crippen molar-refractivity contribution < 1.29 is 18.7 Å². The Labute approximate surface area is 145 Å². The van der Waals surface area contributed by atoms with E-state index in [-0.39, 0.29) is 12.1 Å². The molecular weight excluding hydrogens is 322 g/mol. The molecule has 1 heterocycles. The molecule has 7 heteroatoms. The normalized spacial score (nSPS) is 10.6. The largest absolute Gasteiger partial charge is 0.497 e. The van der Waals surface area contributed by atoms with E-state index in [0.29, 0.717) is 24.7 Å². The highest BCUT2D eigenvalue weighted by atomic mass is 16.5. The van der Waals surface area contributed by atoms with Gasteiger partial charge in [0.15, 0.2) is 0 Å². The fourth-order valence-electron chi connectivity index (χ4n) is 1.90. The summed E-state index contributed by atoms with van der Waals surface area (Å²) < 4.78 is 15.7. The quantitative estimate of drug-likeness (QED) is 0.411. The van der Waals surface area contributed by atoms with Crippen LogP contribution in [-0.4, -0.2) is 26.2 Å². The third kappa shape index (κ3) is 5.95. The van der Waals surface area contributed by atoms with Gasteiger partial charge in [0, 0.05) is 12.7 Å². The van der Waals surface area contributed by atoms with Crippen LogP contribution >= 0.6 is 0 Å². The van der Waals surface area contributed by atoms with Gasteiger partial charge in [-0.3, -0.25) is 4.79 Å². The van der Waals surface area contributed by atoms with Crippen molar-refractivity contribution in [3.8, 4) is 17.6 Å². The third-order valence-corrected chi connectivity index (χ3v) is 3.19. The van der Waals surface area contributed by atoms with Gasteiger partial charge in [-0.15, -0.1) is 0 Å². The maximum absolute atomic E-state index is 11.9. The highest BCUT2D eigenvalue weighted by Crippen LogP contribution is 2.16. The Morgan fingerprint density at radius 2 is 2.04 bits per heavy atom. The maximum atomic E-state index is 11.9. The summed E-state index contributed by atoms with van der Waals surface area (Å²) in [5, 5.41) is 14.5. The van der Waals surface area contributed by atoms with Crippen molar-refractivity contribution >= 4 is 5.91 Å². The van der Waals surface area contributed by atoms with E-state index in [0.717, 1.165) is 5.75 Å². The lowest BCUT2D eigenvalue weighted by Gasteiger charge is -2.07. The predicted molar refractivity (Wildman–Crippen MR) is 90.7 cm³/mol. The first-order valence-electron chi connectivity index (χ1n) is 7.64. The van der Waals surface area contributed by atoms with E-state index in [1.807, 2.05) is 6.07 Å². The molecule has 1 aromatic heterocycles. The average molecular weight is 341 g/mol. The molecule has 0 aliphatic heterocycles. The van der Waals surface area contributed by atoms with Gasteiger partial charge in [0.25, 0.3) is 5.91 Å². The first-order valence-corrected chi connectivity index (χ1v) is 7.64. The van der Waals surface area contributed by atoms with Crippen LogP contribution in [0.25, 0.3) is 0 Å². The van der Waals surface area contributed by atoms with E-state index in [4.69, 9.17) is 19.2 Å². The molecule has 0 bridgehead atoms. The fraction of sp³-hybridized carbons (Fsp3) is 0.222. The van der Waals surface area contributed by atoms with Crippen LogP contribution in [0.1, 0.15) is 5.76 Å². The lowest BCUT2D eigenvalue weighted by atomic mass is 10.3. The number of rotatable bonds is 9. The minimum atomic E-state index is -0.470. The number of benzene rings is 1. The number of ether oxygens (including phenoxy) is 2. The Bertz CT molecular complexity index is 731. The van der Waals surface area contributed by atoms with Gasteiger partial charge in [-0.05, 0) is 36.4 Å². The van der Waals surface area contributed by atoms with E-state index >= 15 is 0 Å². The van der Waals surface area contributed by atoms with E-state index in [9.17, 15) is 4.79 Å². The van der Waals surface area contributed by atoms with Crippen LogP contribution in [0.5, 0.6) is 11.5 Å². The lowest BCUT2D eigenvalue weighted by molar-refractivity contribution is -0.117. The van der Waals surface area contributed by atoms with Crippen molar-refractivity contribution in [1.29, 1.82) is 5.26 Å². The highest BCUT2D eigenvalue weighted by molar-refractivity contribution is 5.97. The van der Waals surface area contributed by atoms with Crippen LogP contribution in [0.15, 0.2) is 58.9 Å². The van der Waals surface area contributed by atoms with Crippen molar-refractivity contribution in [3.05, 3.63) is 60.2 Å². The number of amides is 1. The van der Waals surface area contributed by atoms with Crippen molar-refractivity contribution in [2.45, 2.75) is 6.54 Å². The van der Waals surface area contributed by atoms with Gasteiger partial charge >= 0.3 is 0 Å². The molecular formula is C18H19N3O4. The number of nitriles is 1. The molecule has 7 nitrogen and oxygen atoms in total. The van der Waals surface area contributed by atoms with Crippen LogP contribution in [0.2, 0.25) is 0 Å². The standard InChI is InChI=1S/C18H19N3O4/c1-23-15-4-6-16(7-5-15)25-10-8-20-12-14(11-19)18(22)21-13-17-3-2-9-24-17/h2-7,9,12,20H,8,10,13H2,1H3,(H,21,22)/b14-12-. The van der Waals surface area contributed by atoms with Crippen molar-refractivity contribution in [2.24, 2.45) is 0 Å². The first-order chi connectivity index (χ1) is 12.2. The number of hydrogen-bond donors (Lipinski definition) is 2. The van der Waals surface area contributed by atoms with Crippen molar-refractivity contribution in [1.82, 2.24) is 10.6 Å². The summed E-state index contributed by atoms with van der Waals surface area (Å²) in [7, 11) is 1.60. The zero-order chi connectivity index (χ0) is 17.9. The second-order valence-corrected chi connectivity index (χ2v) is 4.91. The zero-order valence-corrected chi connectivity index (χ0v) is 13.8. The molecule has 0 saturated carbocycles. The molecule has 0 fully saturated rings. The lowest BCUT2D eigenvalue weighted by Crippen LogP contribution is -2.25. The van der Waals surface area contributed by atoms with Gasteiger partial charge in [-0.25, -0.2) is 0 Å². The van der Waals surface area contributed by atoms with Gasteiger partial charge in [0.1, 0.15) is 35.5 Å². The molecule has 0 radical (unpaired) electrons. The molecule has 0 spiro atoms. The highest BCUT2D eigenvalue weighted by Gasteiger charge is 2.08. The summed E-state index contributed by atoms with van der Waals surface area (Å²) in [4.78, 5) is 11.9. The van der Waals surface area contributed by atoms with Gasteiger partial charge in [0.05, 0.1) is 19.9 Å². The Balaban J connectivity index is 1.70. The second kappa shape index (κ2) is 9.67. The monoisotopic (exact) mass is 341 g/mol. The van der Waals surface area contributed by atoms with Crippen molar-refractivity contribution in [2.75, 3.05) is 20.3 Å². The minimum Gasteiger partial charge on any atom is -0.497 e. The molecule has 2 rings (SSSR count). The van der Waals surface area contributed by atoms with E-state index in [1.165, 1.54) is 12.5 Å². The molecule has 0 aliphatic rings. The number of carbonyl (C=O) groups excluding carboxylic acids is 1. The maximum Gasteiger partial charge on any atom is 0.263 e. The van der Waals surface area contributed by atoms with Crippen LogP contribution in [0.4, 0.5) is 0 Å². The molecule has 0 saturated heterocycles. The molecule has 0 atom stereocenters. The van der Waals surface area contributed by atoms with Gasteiger partial charge in [-0.1, -0.05) is 0 Å². The number of hydrogen-bond acceptors (Lipinski definition) is 6. The molecule has 1 aromatic carbocycles. The smallest absolute Gasteiger partial charge is 0.263 e. The second-order valence-electron chi connectivity index (χ2n) is 4.91. The summed E-state index contributed by atoms with van der Waals surface area (Å²) in [5.74, 6) is 1.62. The van der Waals surface area contributed by atoms with E-state index in [2.05, 4.69) is 10.6 Å².